The number of nitrogens with zero attached hydrogens (tertiary/aromatic N) is 2. The van der Waals surface area contributed by atoms with E-state index in [9.17, 15) is 9.90 Å². The van der Waals surface area contributed by atoms with Gasteiger partial charge in [-0.15, -0.1) is 11.3 Å². The van der Waals surface area contributed by atoms with Gasteiger partial charge in [0.25, 0.3) is 0 Å². The minimum absolute atomic E-state index is 0.311. The second-order valence-corrected chi connectivity index (χ2v) is 6.18. The third kappa shape index (κ3) is 2.35. The maximum atomic E-state index is 11.2. The van der Waals surface area contributed by atoms with Gasteiger partial charge in [-0.1, -0.05) is 12.8 Å². The Morgan fingerprint density at radius 3 is 2.90 bits per heavy atom. The summed E-state index contributed by atoms with van der Waals surface area (Å²) < 4.78 is 5.84. The van der Waals surface area contributed by atoms with E-state index < -0.39 is 5.97 Å². The van der Waals surface area contributed by atoms with Crippen LogP contribution in [0.3, 0.4) is 0 Å². The molecule has 2 aromatic heterocycles. The zero-order valence-corrected chi connectivity index (χ0v) is 12.1. The molecule has 1 aliphatic carbocycles. The minimum Gasteiger partial charge on any atom is -0.477 e. The first kappa shape index (κ1) is 13.3. The number of hydrogen-bond donors (Lipinski definition) is 1. The number of ether oxygens (including phenoxy) is 1. The summed E-state index contributed by atoms with van der Waals surface area (Å²) in [5, 5.41) is 9.92. The molecule has 0 bridgehead atoms. The molecule has 0 aromatic carbocycles. The summed E-state index contributed by atoms with van der Waals surface area (Å²) >= 11 is 1.17. The van der Waals surface area contributed by atoms with Crippen molar-refractivity contribution in [3.05, 3.63) is 16.8 Å². The van der Waals surface area contributed by atoms with Crippen molar-refractivity contribution >= 4 is 27.5 Å². The molecule has 1 fully saturated rings. The van der Waals surface area contributed by atoms with Crippen molar-refractivity contribution in [3.8, 4) is 5.88 Å². The van der Waals surface area contributed by atoms with Crippen LogP contribution in [0.1, 0.15) is 40.9 Å². The highest BCUT2D eigenvalue weighted by molar-refractivity contribution is 7.20. The van der Waals surface area contributed by atoms with Gasteiger partial charge < -0.3 is 9.84 Å². The molecule has 2 aromatic rings. The smallest absolute Gasteiger partial charge is 0.346 e. The summed E-state index contributed by atoms with van der Waals surface area (Å²) in [7, 11) is 0. The number of rotatable bonds is 4. The first-order chi connectivity index (χ1) is 9.66. The average Bonchev–Trinajstić information content (AvgIpc) is 3.05. The Balaban J connectivity index is 1.91. The van der Waals surface area contributed by atoms with E-state index in [-0.39, 0.29) is 0 Å². The fraction of sp³-hybridized carbons (Fsp3) is 0.500. The molecule has 0 unspecified atom stereocenters. The monoisotopic (exact) mass is 292 g/mol. The molecular weight excluding hydrogens is 276 g/mol. The van der Waals surface area contributed by atoms with Crippen molar-refractivity contribution < 1.29 is 14.6 Å². The summed E-state index contributed by atoms with van der Waals surface area (Å²) in [6.07, 6.45) is 6.39. The molecule has 0 spiro atoms. The quantitative estimate of drug-likeness (QED) is 0.936. The molecule has 2 heterocycles. The number of carboxylic acid groups (broad SMARTS) is 1. The van der Waals surface area contributed by atoms with E-state index in [1.54, 1.807) is 6.92 Å². The fourth-order valence-electron chi connectivity index (χ4n) is 2.73. The SMILES string of the molecule is Cc1c(C(=O)O)sc2ncnc(OCC3CCCC3)c12. The van der Waals surface area contributed by atoms with Crippen LogP contribution in [0.5, 0.6) is 5.88 Å². The van der Waals surface area contributed by atoms with E-state index in [0.29, 0.717) is 33.7 Å². The Hall–Kier alpha value is -1.69. The normalized spacial score (nSPS) is 15.8. The number of fused-ring (bicyclic) bond motifs is 1. The van der Waals surface area contributed by atoms with Crippen LogP contribution in [0, 0.1) is 12.8 Å². The fourth-order valence-corrected chi connectivity index (χ4v) is 3.70. The van der Waals surface area contributed by atoms with Gasteiger partial charge in [-0.3, -0.25) is 0 Å². The lowest BCUT2D eigenvalue weighted by molar-refractivity contribution is 0.0701. The lowest BCUT2D eigenvalue weighted by Crippen LogP contribution is -2.09. The summed E-state index contributed by atoms with van der Waals surface area (Å²) in [6, 6.07) is 0. The highest BCUT2D eigenvalue weighted by Gasteiger charge is 2.21. The van der Waals surface area contributed by atoms with Crippen molar-refractivity contribution in [1.29, 1.82) is 0 Å². The van der Waals surface area contributed by atoms with Gasteiger partial charge in [0, 0.05) is 0 Å². The molecule has 106 valence electrons. The molecule has 0 aliphatic heterocycles. The van der Waals surface area contributed by atoms with Crippen molar-refractivity contribution in [2.24, 2.45) is 5.92 Å². The maximum absolute atomic E-state index is 11.2. The summed E-state index contributed by atoms with van der Waals surface area (Å²) in [5.41, 5.74) is 0.694. The topological polar surface area (TPSA) is 72.3 Å². The number of aromatic nitrogens is 2. The zero-order chi connectivity index (χ0) is 14.1. The highest BCUT2D eigenvalue weighted by Crippen LogP contribution is 2.35. The third-order valence-corrected chi connectivity index (χ3v) is 5.00. The Morgan fingerprint density at radius 1 is 1.45 bits per heavy atom. The van der Waals surface area contributed by atoms with Crippen LogP contribution in [0.4, 0.5) is 0 Å². The van der Waals surface area contributed by atoms with Crippen LogP contribution in [0.25, 0.3) is 10.2 Å². The second kappa shape index (κ2) is 5.36. The van der Waals surface area contributed by atoms with Crippen LogP contribution in [0.2, 0.25) is 0 Å². The van der Waals surface area contributed by atoms with E-state index in [4.69, 9.17) is 4.74 Å². The van der Waals surface area contributed by atoms with Crippen molar-refractivity contribution in [2.75, 3.05) is 6.61 Å². The molecule has 1 N–H and O–H groups in total. The number of aryl methyl sites for hydroxylation is 1. The maximum Gasteiger partial charge on any atom is 0.346 e. The first-order valence-electron chi connectivity index (χ1n) is 6.77. The van der Waals surface area contributed by atoms with Crippen LogP contribution in [0.15, 0.2) is 6.33 Å². The molecule has 1 aliphatic rings. The van der Waals surface area contributed by atoms with Gasteiger partial charge in [0.15, 0.2) is 0 Å². The van der Waals surface area contributed by atoms with Crippen molar-refractivity contribution in [1.82, 2.24) is 9.97 Å². The number of hydrogen-bond acceptors (Lipinski definition) is 5. The molecule has 5 nitrogen and oxygen atoms in total. The molecule has 3 rings (SSSR count). The Bertz CT molecular complexity index is 647. The number of carboxylic acids is 1. The summed E-state index contributed by atoms with van der Waals surface area (Å²) in [4.78, 5) is 20.5. The van der Waals surface area contributed by atoms with Gasteiger partial charge in [-0.25, -0.2) is 14.8 Å². The summed E-state index contributed by atoms with van der Waals surface area (Å²) in [5.74, 6) is 0.188. The largest absolute Gasteiger partial charge is 0.477 e. The predicted molar refractivity (Wildman–Crippen MR) is 76.6 cm³/mol. The van der Waals surface area contributed by atoms with Gasteiger partial charge >= 0.3 is 5.97 Å². The Labute approximate surface area is 120 Å². The van der Waals surface area contributed by atoms with E-state index in [1.807, 2.05) is 0 Å². The van der Waals surface area contributed by atoms with Crippen molar-refractivity contribution in [3.63, 3.8) is 0 Å². The van der Waals surface area contributed by atoms with E-state index in [0.717, 1.165) is 5.39 Å². The molecule has 0 atom stereocenters. The van der Waals surface area contributed by atoms with Gasteiger partial charge in [0.05, 0.1) is 12.0 Å². The molecule has 0 amide bonds. The van der Waals surface area contributed by atoms with Gasteiger partial charge in [0.1, 0.15) is 16.0 Å². The molecule has 6 heteroatoms. The Kier molecular flexibility index (Phi) is 3.56. The lowest BCUT2D eigenvalue weighted by Gasteiger charge is -2.11. The van der Waals surface area contributed by atoms with Crippen LogP contribution < -0.4 is 4.74 Å². The molecule has 1 saturated carbocycles. The lowest BCUT2D eigenvalue weighted by atomic mass is 10.1. The highest BCUT2D eigenvalue weighted by atomic mass is 32.1. The molecule has 20 heavy (non-hydrogen) atoms. The van der Waals surface area contributed by atoms with Crippen LogP contribution >= 0.6 is 11.3 Å². The van der Waals surface area contributed by atoms with E-state index in [1.165, 1.54) is 43.3 Å². The summed E-state index contributed by atoms with van der Waals surface area (Å²) in [6.45, 7) is 2.44. The van der Waals surface area contributed by atoms with Crippen molar-refractivity contribution in [2.45, 2.75) is 32.6 Å². The molecular formula is C14H16N2O3S. The minimum atomic E-state index is -0.924. The second-order valence-electron chi connectivity index (χ2n) is 5.18. The molecule has 0 radical (unpaired) electrons. The van der Waals surface area contributed by atoms with Crippen LogP contribution in [-0.4, -0.2) is 27.7 Å². The van der Waals surface area contributed by atoms with Gasteiger partial charge in [-0.2, -0.15) is 0 Å². The van der Waals surface area contributed by atoms with Gasteiger partial charge in [0.2, 0.25) is 5.88 Å². The van der Waals surface area contributed by atoms with E-state index >= 15 is 0 Å². The standard InChI is InChI=1S/C14H16N2O3S/c1-8-10-12(19-6-9-4-2-3-5-9)15-7-16-13(10)20-11(8)14(17)18/h7,9H,2-6H2,1H3,(H,17,18). The molecule has 0 saturated heterocycles. The predicted octanol–water partition coefficient (Wildman–Crippen LogP) is 3.27. The van der Waals surface area contributed by atoms with Gasteiger partial charge in [-0.05, 0) is 31.2 Å². The number of aromatic carboxylic acids is 1. The number of thiophene rings is 1. The zero-order valence-electron chi connectivity index (χ0n) is 11.3. The third-order valence-electron chi connectivity index (χ3n) is 3.82. The average molecular weight is 292 g/mol. The Morgan fingerprint density at radius 2 is 2.20 bits per heavy atom. The number of carbonyl (C=O) groups is 1. The first-order valence-corrected chi connectivity index (χ1v) is 7.58. The van der Waals surface area contributed by atoms with E-state index in [2.05, 4.69) is 9.97 Å². The van der Waals surface area contributed by atoms with Crippen LogP contribution in [-0.2, 0) is 0 Å².